The van der Waals surface area contributed by atoms with Gasteiger partial charge in [-0.1, -0.05) is 35.1 Å². The van der Waals surface area contributed by atoms with E-state index in [1.807, 2.05) is 22.9 Å². The lowest BCUT2D eigenvalue weighted by Gasteiger charge is -2.20. The zero-order valence-corrected chi connectivity index (χ0v) is 17.0. The smallest absolute Gasteiger partial charge is 0.233 e. The molecule has 0 saturated heterocycles. The summed E-state index contributed by atoms with van der Waals surface area (Å²) >= 11 is 7.53. The van der Waals surface area contributed by atoms with Crippen LogP contribution < -0.4 is 4.90 Å². The number of aromatic nitrogens is 3. The number of amides is 1. The first-order valence-electron chi connectivity index (χ1n) is 9.15. The van der Waals surface area contributed by atoms with Gasteiger partial charge in [-0.15, -0.1) is 0 Å². The molecule has 4 rings (SSSR count). The molecule has 0 N–H and O–H groups in total. The largest absolute Gasteiger partial charge is 0.337 e. The lowest BCUT2D eigenvalue weighted by molar-refractivity contribution is -0.118. The topological polar surface area (TPSA) is 51.0 Å². The Morgan fingerprint density at radius 1 is 1.21 bits per heavy atom. The van der Waals surface area contributed by atoms with E-state index in [0.717, 1.165) is 28.7 Å². The van der Waals surface area contributed by atoms with Gasteiger partial charge in [0.1, 0.15) is 5.82 Å². The van der Waals surface area contributed by atoms with Gasteiger partial charge in [-0.3, -0.25) is 9.69 Å². The minimum Gasteiger partial charge on any atom is -0.337 e. The zero-order valence-electron chi connectivity index (χ0n) is 15.5. The number of anilines is 1. The highest BCUT2D eigenvalue weighted by molar-refractivity contribution is 7.22. The molecule has 0 fully saturated rings. The van der Waals surface area contributed by atoms with Crippen LogP contribution in [0.1, 0.15) is 12.0 Å². The van der Waals surface area contributed by atoms with Gasteiger partial charge < -0.3 is 4.57 Å². The summed E-state index contributed by atoms with van der Waals surface area (Å²) in [6, 6.07) is 11.5. The molecule has 5 nitrogen and oxygen atoms in total. The van der Waals surface area contributed by atoms with Crippen LogP contribution in [0.5, 0.6) is 0 Å². The Hall–Kier alpha value is -2.77. The Morgan fingerprint density at radius 3 is 2.79 bits per heavy atom. The molecule has 0 unspecified atom stereocenters. The van der Waals surface area contributed by atoms with Crippen molar-refractivity contribution in [2.45, 2.75) is 19.4 Å². The van der Waals surface area contributed by atoms with Crippen molar-refractivity contribution < 1.29 is 9.18 Å². The van der Waals surface area contributed by atoms with E-state index >= 15 is 0 Å². The Bertz CT molecular complexity index is 1110. The summed E-state index contributed by atoms with van der Waals surface area (Å²) in [5, 5.41) is 1.28. The normalized spacial score (nSPS) is 11.1. The molecule has 0 spiro atoms. The van der Waals surface area contributed by atoms with Crippen LogP contribution in [-0.4, -0.2) is 27.0 Å². The van der Waals surface area contributed by atoms with Gasteiger partial charge in [0.25, 0.3) is 0 Å². The van der Waals surface area contributed by atoms with Gasteiger partial charge in [0, 0.05) is 30.5 Å². The summed E-state index contributed by atoms with van der Waals surface area (Å²) in [5.41, 5.74) is 1.57. The summed E-state index contributed by atoms with van der Waals surface area (Å²) in [6.07, 6.45) is 6.31. The summed E-state index contributed by atoms with van der Waals surface area (Å²) in [5.74, 6) is -0.395. The predicted octanol–water partition coefficient (Wildman–Crippen LogP) is 4.95. The van der Waals surface area contributed by atoms with E-state index in [1.54, 1.807) is 35.6 Å². The quantitative estimate of drug-likeness (QED) is 0.418. The highest BCUT2D eigenvalue weighted by Crippen LogP contribution is 2.31. The second kappa shape index (κ2) is 8.71. The fourth-order valence-electron chi connectivity index (χ4n) is 3.03. The molecule has 4 aromatic rings. The maximum atomic E-state index is 13.2. The van der Waals surface area contributed by atoms with Crippen LogP contribution >= 0.6 is 22.9 Å². The van der Waals surface area contributed by atoms with Crippen molar-refractivity contribution in [3.8, 4) is 0 Å². The third-order valence-electron chi connectivity index (χ3n) is 4.50. The third kappa shape index (κ3) is 4.81. The number of nitrogens with zero attached hydrogens (tertiary/aromatic N) is 4. The van der Waals surface area contributed by atoms with Crippen LogP contribution in [0.3, 0.4) is 0 Å². The SMILES string of the molecule is O=C(Cc1ccc(F)cc1)N(CCCn1ccnc1)c1nc2ccc(Cl)cc2s1. The summed E-state index contributed by atoms with van der Waals surface area (Å²) in [7, 11) is 0. The third-order valence-corrected chi connectivity index (χ3v) is 5.77. The highest BCUT2D eigenvalue weighted by atomic mass is 35.5. The van der Waals surface area contributed by atoms with Crippen LogP contribution in [0.25, 0.3) is 10.2 Å². The van der Waals surface area contributed by atoms with Gasteiger partial charge in [0.05, 0.1) is 23.0 Å². The van der Waals surface area contributed by atoms with Crippen molar-refractivity contribution >= 4 is 44.2 Å². The Balaban J connectivity index is 1.56. The van der Waals surface area contributed by atoms with Crippen LogP contribution in [0.15, 0.2) is 61.2 Å². The van der Waals surface area contributed by atoms with Gasteiger partial charge in [-0.2, -0.15) is 0 Å². The van der Waals surface area contributed by atoms with Crippen molar-refractivity contribution in [1.82, 2.24) is 14.5 Å². The zero-order chi connectivity index (χ0) is 20.2. The minimum atomic E-state index is -0.318. The summed E-state index contributed by atoms with van der Waals surface area (Å²) in [6.45, 7) is 1.27. The molecule has 0 radical (unpaired) electrons. The van der Waals surface area contributed by atoms with Crippen molar-refractivity contribution in [3.63, 3.8) is 0 Å². The van der Waals surface area contributed by atoms with Gasteiger partial charge in [0.15, 0.2) is 5.13 Å². The van der Waals surface area contributed by atoms with E-state index in [-0.39, 0.29) is 18.1 Å². The minimum absolute atomic E-state index is 0.0765. The fourth-order valence-corrected chi connectivity index (χ4v) is 4.32. The van der Waals surface area contributed by atoms with E-state index in [0.29, 0.717) is 16.7 Å². The molecular weight excluding hydrogens is 411 g/mol. The van der Waals surface area contributed by atoms with Crippen molar-refractivity contribution in [1.29, 1.82) is 0 Å². The number of fused-ring (bicyclic) bond motifs is 1. The fraction of sp³-hybridized carbons (Fsp3) is 0.190. The number of hydrogen-bond donors (Lipinski definition) is 0. The molecule has 2 aromatic heterocycles. The lowest BCUT2D eigenvalue weighted by Crippen LogP contribution is -2.33. The average molecular weight is 429 g/mol. The Labute approximate surface area is 176 Å². The molecule has 0 aliphatic carbocycles. The molecule has 1 amide bonds. The lowest BCUT2D eigenvalue weighted by atomic mass is 10.1. The number of halogens is 2. The maximum absolute atomic E-state index is 13.2. The predicted molar refractivity (Wildman–Crippen MR) is 114 cm³/mol. The molecule has 0 aliphatic rings. The van der Waals surface area contributed by atoms with E-state index in [4.69, 9.17) is 11.6 Å². The van der Waals surface area contributed by atoms with Crippen molar-refractivity contribution in [2.75, 3.05) is 11.4 Å². The number of hydrogen-bond acceptors (Lipinski definition) is 4. The molecule has 0 saturated carbocycles. The maximum Gasteiger partial charge on any atom is 0.233 e. The standard InChI is InChI=1S/C21H18ClFN4OS/c22-16-4-7-18-19(13-16)29-21(25-18)27(10-1-9-26-11-8-24-14-26)20(28)12-15-2-5-17(23)6-3-15/h2-8,11,13-14H,1,9-10,12H2. The van der Waals surface area contributed by atoms with Crippen LogP contribution in [0, 0.1) is 5.82 Å². The van der Waals surface area contributed by atoms with Gasteiger partial charge in [-0.25, -0.2) is 14.4 Å². The number of aryl methyl sites for hydroxylation is 1. The highest BCUT2D eigenvalue weighted by Gasteiger charge is 2.20. The van der Waals surface area contributed by atoms with E-state index in [1.165, 1.54) is 23.5 Å². The van der Waals surface area contributed by atoms with Gasteiger partial charge in [-0.05, 0) is 42.3 Å². The monoisotopic (exact) mass is 428 g/mol. The second-order valence-electron chi connectivity index (χ2n) is 6.61. The molecule has 2 heterocycles. The van der Waals surface area contributed by atoms with Gasteiger partial charge >= 0.3 is 0 Å². The summed E-state index contributed by atoms with van der Waals surface area (Å²) < 4.78 is 16.1. The first-order chi connectivity index (χ1) is 14.1. The molecular formula is C21H18ClFN4OS. The molecule has 0 bridgehead atoms. The number of carbonyl (C=O) groups excluding carboxylic acids is 1. The number of benzene rings is 2. The van der Waals surface area contributed by atoms with Crippen LogP contribution in [-0.2, 0) is 17.8 Å². The van der Waals surface area contributed by atoms with E-state index in [2.05, 4.69) is 9.97 Å². The molecule has 8 heteroatoms. The molecule has 2 aromatic carbocycles. The van der Waals surface area contributed by atoms with E-state index in [9.17, 15) is 9.18 Å². The van der Waals surface area contributed by atoms with E-state index < -0.39 is 0 Å². The van der Waals surface area contributed by atoms with Crippen molar-refractivity contribution in [2.24, 2.45) is 0 Å². The average Bonchev–Trinajstić information content (AvgIpc) is 3.36. The molecule has 29 heavy (non-hydrogen) atoms. The van der Waals surface area contributed by atoms with Crippen molar-refractivity contribution in [3.05, 3.63) is 77.6 Å². The van der Waals surface area contributed by atoms with Crippen LogP contribution in [0.4, 0.5) is 9.52 Å². The first-order valence-corrected chi connectivity index (χ1v) is 10.3. The molecule has 148 valence electrons. The summed E-state index contributed by atoms with van der Waals surface area (Å²) in [4.78, 5) is 23.5. The number of imidazole rings is 1. The molecule has 0 atom stereocenters. The number of rotatable bonds is 7. The van der Waals surface area contributed by atoms with Crippen LogP contribution in [0.2, 0.25) is 5.02 Å². The first kappa shape index (κ1) is 19.5. The second-order valence-corrected chi connectivity index (χ2v) is 8.06. The Kier molecular flexibility index (Phi) is 5.87. The number of carbonyl (C=O) groups is 1. The number of thiazole rings is 1. The Morgan fingerprint density at radius 2 is 2.03 bits per heavy atom. The van der Waals surface area contributed by atoms with Gasteiger partial charge in [0.2, 0.25) is 5.91 Å². The molecule has 0 aliphatic heterocycles.